The second kappa shape index (κ2) is 39.3. The molecule has 0 fully saturated rings. The largest absolute Gasteiger partial charge is 0.494 e. The molecule has 436 valence electrons. The third-order valence-corrected chi connectivity index (χ3v) is 12.9. The van der Waals surface area contributed by atoms with Gasteiger partial charge < -0.3 is 34.1 Å². The van der Waals surface area contributed by atoms with Crippen molar-refractivity contribution >= 4 is 60.5 Å². The van der Waals surface area contributed by atoms with Crippen molar-refractivity contribution in [1.82, 2.24) is 4.98 Å². The molecular weight excluding hydrogens is 1200 g/mol. The molecule has 6 rings (SSSR count). The fourth-order valence-electron chi connectivity index (χ4n) is 8.19. The molecule has 0 amide bonds. The van der Waals surface area contributed by atoms with Crippen molar-refractivity contribution in [2.75, 3.05) is 26.4 Å². The van der Waals surface area contributed by atoms with Crippen LogP contribution in [0.2, 0.25) is 0 Å². The minimum Gasteiger partial charge on any atom is -0.494 e. The summed E-state index contributed by atoms with van der Waals surface area (Å²) in [5.41, 5.74) is 11.6. The average Bonchev–Trinajstić information content (AvgIpc) is 3.48. The van der Waals surface area contributed by atoms with Crippen LogP contribution < -0.4 is 9.47 Å². The van der Waals surface area contributed by atoms with Crippen LogP contribution in [0.15, 0.2) is 158 Å². The summed E-state index contributed by atoms with van der Waals surface area (Å²) in [6, 6.07) is 47.2. The van der Waals surface area contributed by atoms with E-state index in [9.17, 15) is 9.59 Å². The van der Waals surface area contributed by atoms with Gasteiger partial charge in [-0.15, -0.1) is 35.4 Å². The fourth-order valence-corrected chi connectivity index (χ4v) is 8.19. The van der Waals surface area contributed by atoms with Crippen LogP contribution in [0.4, 0.5) is 0 Å². The maximum absolute atomic E-state index is 11.4. The number of hydrogen-bond acceptors (Lipinski definition) is 9. The Kier molecular flexibility index (Phi) is 32.3. The van der Waals surface area contributed by atoms with E-state index in [1.54, 1.807) is 27.7 Å². The molecule has 0 aliphatic rings. The van der Waals surface area contributed by atoms with Crippen molar-refractivity contribution < 1.29 is 59.8 Å². The van der Waals surface area contributed by atoms with Crippen LogP contribution >= 0.6 is 0 Å². The van der Waals surface area contributed by atoms with Gasteiger partial charge in [0.05, 0.1) is 38.6 Å². The number of pyridine rings is 1. The number of unbranched alkanes of at least 4 members (excludes halogenated alkanes) is 10. The van der Waals surface area contributed by atoms with Crippen LogP contribution in [0, 0.1) is 6.07 Å². The second-order valence-corrected chi connectivity index (χ2v) is 20.5. The van der Waals surface area contributed by atoms with Crippen molar-refractivity contribution in [2.45, 2.75) is 123 Å². The fraction of sp³-hybridized carbons (Fsp3) is 0.319. The molecular formula is C72H84NO8Pt-. The summed E-state index contributed by atoms with van der Waals surface area (Å²) in [5.74, 6) is 1.17. The molecule has 2 atom stereocenters. The van der Waals surface area contributed by atoms with E-state index in [0.29, 0.717) is 44.0 Å². The van der Waals surface area contributed by atoms with Crippen LogP contribution in [0.5, 0.6) is 11.5 Å². The Hall–Kier alpha value is -7.16. The second-order valence-electron chi connectivity index (χ2n) is 20.5. The van der Waals surface area contributed by atoms with E-state index in [2.05, 4.69) is 159 Å². The minimum absolute atomic E-state index is 0. The third kappa shape index (κ3) is 28.5. The SMILES string of the molecule is C=C(C)C(=O)OCCCCCCCCOc1ccc(/C=C/c2ccc(/C=C/c3c[c-]c(-c4ccc(/C=C/c5ccc(/C=C/c6ccc(OCCCCCCCCOC(=O)C(=C)C)cc6)cc5)cn4)cc3)cc2)cc1.CC(O)CC(C)O.[Pt]. The summed E-state index contributed by atoms with van der Waals surface area (Å²) < 4.78 is 22.2. The number of carbonyl (C=O) groups is 2. The van der Waals surface area contributed by atoms with Gasteiger partial charge in [0, 0.05) is 38.4 Å². The number of benzene rings is 5. The van der Waals surface area contributed by atoms with Crippen molar-refractivity contribution in [3.8, 4) is 22.8 Å². The van der Waals surface area contributed by atoms with Gasteiger partial charge in [0.25, 0.3) is 0 Å². The minimum atomic E-state index is -0.375. The van der Waals surface area contributed by atoms with E-state index < -0.39 is 0 Å². The molecule has 6 aromatic rings. The third-order valence-electron chi connectivity index (χ3n) is 12.9. The van der Waals surface area contributed by atoms with Crippen molar-refractivity contribution in [3.05, 3.63) is 208 Å². The number of rotatable bonds is 33. The van der Waals surface area contributed by atoms with E-state index in [0.717, 1.165) is 144 Å². The summed E-state index contributed by atoms with van der Waals surface area (Å²) in [6.07, 6.45) is 31.3. The summed E-state index contributed by atoms with van der Waals surface area (Å²) >= 11 is 0. The van der Waals surface area contributed by atoms with Gasteiger partial charge in [-0.3, -0.25) is 0 Å². The van der Waals surface area contributed by atoms with E-state index in [1.807, 2.05) is 42.6 Å². The molecule has 5 aromatic carbocycles. The van der Waals surface area contributed by atoms with Gasteiger partial charge in [-0.2, -0.15) is 0 Å². The van der Waals surface area contributed by atoms with Crippen LogP contribution in [0.25, 0.3) is 59.9 Å². The molecule has 0 bridgehead atoms. The van der Waals surface area contributed by atoms with Gasteiger partial charge in [-0.05, 0) is 129 Å². The maximum Gasteiger partial charge on any atom is 0.333 e. The zero-order valence-electron chi connectivity index (χ0n) is 48.5. The van der Waals surface area contributed by atoms with Gasteiger partial charge in [-0.1, -0.05) is 198 Å². The Balaban J connectivity index is 0.00000169. The van der Waals surface area contributed by atoms with Gasteiger partial charge in [-0.25, -0.2) is 9.59 Å². The summed E-state index contributed by atoms with van der Waals surface area (Å²) in [7, 11) is 0. The van der Waals surface area contributed by atoms with Crippen molar-refractivity contribution in [3.63, 3.8) is 0 Å². The number of nitrogens with zero attached hydrogens (tertiary/aromatic N) is 1. The molecule has 9 nitrogen and oxygen atoms in total. The first-order valence-corrected chi connectivity index (χ1v) is 28.7. The number of aliphatic hydroxyl groups is 2. The first-order chi connectivity index (χ1) is 39.3. The number of esters is 2. The standard InChI is InChI=1S/C67H72NO6.C5H12O2.Pt/c1-52(2)66(69)73-49-15-11-7-5-9-13-47-71-63-42-35-59(36-43-63)29-26-55-19-17-54(18-20-55)25-28-58-33-40-62(41-34-58)65-46-39-61(51-68-65)32-31-57-23-21-56(22-24-57)27-30-60-37-44-64(45-38-60)72-48-14-10-6-8-12-16-50-74-67(70)53(3)4;1-4(6)3-5(2)7;/h17-40,42-46,51H,1,3,5-16,47-50H2,2,4H3;4-7H,3H2,1-2H3;/q-1;;/b28-25+,29-26+,30-27+,32-31+;;. The number of aromatic nitrogens is 1. The molecule has 0 radical (unpaired) electrons. The predicted molar refractivity (Wildman–Crippen MR) is 336 cm³/mol. The summed E-state index contributed by atoms with van der Waals surface area (Å²) in [5, 5.41) is 17.1. The average molecular weight is 1290 g/mol. The normalized spacial score (nSPS) is 11.9. The van der Waals surface area contributed by atoms with Gasteiger partial charge >= 0.3 is 11.9 Å². The molecule has 0 aliphatic carbocycles. The summed E-state index contributed by atoms with van der Waals surface area (Å²) in [6.45, 7) is 16.2. The molecule has 2 N–H and O–H groups in total. The first kappa shape index (κ1) is 67.3. The Labute approximate surface area is 503 Å². The smallest absolute Gasteiger partial charge is 0.333 e. The molecule has 1 aromatic heterocycles. The molecule has 1 heterocycles. The Morgan fingerprint density at radius 3 is 1.06 bits per heavy atom. The van der Waals surface area contributed by atoms with Gasteiger partial charge in [0.1, 0.15) is 11.5 Å². The topological polar surface area (TPSA) is 124 Å². The quantitative estimate of drug-likeness (QED) is 0.0136. The van der Waals surface area contributed by atoms with Crippen molar-refractivity contribution in [2.24, 2.45) is 0 Å². The van der Waals surface area contributed by atoms with Crippen LogP contribution in [0.1, 0.15) is 156 Å². The molecule has 10 heteroatoms. The zero-order valence-corrected chi connectivity index (χ0v) is 50.8. The van der Waals surface area contributed by atoms with Crippen molar-refractivity contribution in [1.29, 1.82) is 0 Å². The van der Waals surface area contributed by atoms with Crippen LogP contribution in [-0.4, -0.2) is 65.8 Å². The predicted octanol–water partition coefficient (Wildman–Crippen LogP) is 17.0. The van der Waals surface area contributed by atoms with E-state index >= 15 is 0 Å². The molecule has 2 unspecified atom stereocenters. The molecule has 82 heavy (non-hydrogen) atoms. The van der Waals surface area contributed by atoms with Crippen LogP contribution in [-0.2, 0) is 40.1 Å². The number of aliphatic hydroxyl groups excluding tert-OH is 2. The van der Waals surface area contributed by atoms with E-state index in [4.69, 9.17) is 34.1 Å². The Morgan fingerprint density at radius 2 is 0.756 bits per heavy atom. The Morgan fingerprint density at radius 1 is 0.451 bits per heavy atom. The number of carbonyl (C=O) groups excluding carboxylic acids is 2. The molecule has 0 saturated carbocycles. The van der Waals surface area contributed by atoms with E-state index in [1.165, 1.54) is 0 Å². The first-order valence-electron chi connectivity index (χ1n) is 28.7. The van der Waals surface area contributed by atoms with Crippen LogP contribution in [0.3, 0.4) is 0 Å². The van der Waals surface area contributed by atoms with E-state index in [-0.39, 0.29) is 45.2 Å². The monoisotopic (exact) mass is 1290 g/mol. The summed E-state index contributed by atoms with van der Waals surface area (Å²) in [4.78, 5) is 27.6. The van der Waals surface area contributed by atoms with Gasteiger partial charge in [0.2, 0.25) is 0 Å². The number of hydrogen-bond donors (Lipinski definition) is 2. The Bertz CT molecular complexity index is 2700. The van der Waals surface area contributed by atoms with Gasteiger partial charge in [0.15, 0.2) is 0 Å². The molecule has 0 spiro atoms. The maximum atomic E-state index is 11.4. The molecule has 0 aliphatic heterocycles. The molecule has 0 saturated heterocycles. The number of ether oxygens (including phenoxy) is 4. The zero-order chi connectivity index (χ0) is 57.9.